The van der Waals surface area contributed by atoms with Crippen molar-refractivity contribution in [3.05, 3.63) is 24.0 Å². The highest BCUT2D eigenvalue weighted by Crippen LogP contribution is 2.07. The number of rotatable bonds is 2. The van der Waals surface area contributed by atoms with Crippen LogP contribution in [0.1, 0.15) is 5.69 Å². The lowest BCUT2D eigenvalue weighted by Gasteiger charge is -1.98. The second kappa shape index (κ2) is 2.96. The maximum atomic E-state index is 9.86. The molecule has 3 heteroatoms. The first-order valence-corrected chi connectivity index (χ1v) is 2.89. The molecule has 0 bridgehead atoms. The van der Waals surface area contributed by atoms with E-state index in [2.05, 4.69) is 10.3 Å². The maximum Gasteiger partial charge on any atom is 0.314 e. The minimum Gasteiger partial charge on any atom is -0.316 e. The van der Waals surface area contributed by atoms with Gasteiger partial charge in [-0.25, -0.2) is 0 Å². The Kier molecular flexibility index (Phi) is 1.99. The van der Waals surface area contributed by atoms with Gasteiger partial charge in [-0.3, -0.25) is 9.78 Å². The van der Waals surface area contributed by atoms with E-state index in [-0.39, 0.29) is 0 Å². The van der Waals surface area contributed by atoms with Gasteiger partial charge in [-0.2, -0.15) is 0 Å². The monoisotopic (exact) mass is 135 g/mol. The molecular formula is C7H7N2O. The molecule has 3 nitrogen and oxygen atoms in total. The van der Waals surface area contributed by atoms with Crippen LogP contribution in [-0.2, 0) is 4.79 Å². The fraction of sp³-hybridized carbons (Fsp3) is 0.143. The van der Waals surface area contributed by atoms with Crippen molar-refractivity contribution in [2.75, 3.05) is 5.32 Å². The summed E-state index contributed by atoms with van der Waals surface area (Å²) in [5.74, 6) is 0. The van der Waals surface area contributed by atoms with Crippen LogP contribution in [0, 0.1) is 6.92 Å². The van der Waals surface area contributed by atoms with Gasteiger partial charge in [0, 0.05) is 6.20 Å². The molecule has 0 aliphatic carbocycles. The molecule has 0 unspecified atom stereocenters. The Balaban J connectivity index is 2.91. The largest absolute Gasteiger partial charge is 0.316 e. The van der Waals surface area contributed by atoms with Gasteiger partial charge in [0.05, 0.1) is 11.4 Å². The summed E-state index contributed by atoms with van der Waals surface area (Å²) < 4.78 is 0. The van der Waals surface area contributed by atoms with Crippen molar-refractivity contribution < 1.29 is 4.79 Å². The Bertz CT molecular complexity index is 235. The van der Waals surface area contributed by atoms with Crippen molar-refractivity contribution >= 4 is 12.1 Å². The Hall–Kier alpha value is -1.38. The Morgan fingerprint density at radius 1 is 1.70 bits per heavy atom. The van der Waals surface area contributed by atoms with Crippen molar-refractivity contribution in [1.82, 2.24) is 4.98 Å². The van der Waals surface area contributed by atoms with Crippen LogP contribution in [0.15, 0.2) is 18.3 Å². The third-order valence-corrected chi connectivity index (χ3v) is 1.19. The third-order valence-electron chi connectivity index (χ3n) is 1.19. The van der Waals surface area contributed by atoms with Crippen LogP contribution in [-0.4, -0.2) is 11.4 Å². The van der Waals surface area contributed by atoms with E-state index < -0.39 is 0 Å². The second-order valence-corrected chi connectivity index (χ2v) is 1.86. The molecule has 1 aromatic rings. The molecule has 10 heavy (non-hydrogen) atoms. The van der Waals surface area contributed by atoms with E-state index in [1.807, 2.05) is 6.92 Å². The lowest BCUT2D eigenvalue weighted by atomic mass is 10.3. The first-order valence-electron chi connectivity index (χ1n) is 2.89. The number of nitrogens with one attached hydrogen (secondary N) is 1. The summed E-state index contributed by atoms with van der Waals surface area (Å²) in [7, 11) is 0. The standard InChI is InChI=1S/C7H7N2O/c1-6-7(9-5-10)3-2-4-8-6/h2-4H,1H3,(H,9,10). The molecule has 1 radical (unpaired) electrons. The Morgan fingerprint density at radius 3 is 3.10 bits per heavy atom. The first-order chi connectivity index (χ1) is 4.84. The highest BCUT2D eigenvalue weighted by Gasteiger charge is 1.93. The smallest absolute Gasteiger partial charge is 0.314 e. The topological polar surface area (TPSA) is 42.0 Å². The van der Waals surface area contributed by atoms with Crippen LogP contribution >= 0.6 is 0 Å². The van der Waals surface area contributed by atoms with Crippen molar-refractivity contribution in [2.24, 2.45) is 0 Å². The second-order valence-electron chi connectivity index (χ2n) is 1.86. The number of pyridine rings is 1. The van der Waals surface area contributed by atoms with Gasteiger partial charge in [-0.1, -0.05) is 0 Å². The number of hydrogen-bond acceptors (Lipinski definition) is 2. The first kappa shape index (κ1) is 6.74. The summed E-state index contributed by atoms with van der Waals surface area (Å²) in [6.07, 6.45) is 3.26. The zero-order chi connectivity index (χ0) is 7.40. The van der Waals surface area contributed by atoms with Gasteiger partial charge in [-0.05, 0) is 19.1 Å². The molecule has 0 spiro atoms. The van der Waals surface area contributed by atoms with Gasteiger partial charge < -0.3 is 5.32 Å². The van der Waals surface area contributed by atoms with Gasteiger partial charge in [0.15, 0.2) is 0 Å². The highest BCUT2D eigenvalue weighted by molar-refractivity contribution is 5.72. The number of nitrogens with zero attached hydrogens (tertiary/aromatic N) is 1. The average molecular weight is 135 g/mol. The lowest BCUT2D eigenvalue weighted by Crippen LogP contribution is -1.96. The van der Waals surface area contributed by atoms with Gasteiger partial charge in [0.2, 0.25) is 0 Å². The fourth-order valence-corrected chi connectivity index (χ4v) is 0.671. The van der Waals surface area contributed by atoms with E-state index in [1.54, 1.807) is 24.7 Å². The van der Waals surface area contributed by atoms with Gasteiger partial charge in [0.1, 0.15) is 0 Å². The molecule has 0 atom stereocenters. The van der Waals surface area contributed by atoms with Crippen LogP contribution in [0.25, 0.3) is 0 Å². The summed E-state index contributed by atoms with van der Waals surface area (Å²) in [4.78, 5) is 13.8. The summed E-state index contributed by atoms with van der Waals surface area (Å²) in [6, 6.07) is 3.53. The molecular weight excluding hydrogens is 128 g/mol. The summed E-state index contributed by atoms with van der Waals surface area (Å²) >= 11 is 0. The van der Waals surface area contributed by atoms with Crippen LogP contribution in [0.5, 0.6) is 0 Å². The Morgan fingerprint density at radius 2 is 2.50 bits per heavy atom. The van der Waals surface area contributed by atoms with Crippen LogP contribution < -0.4 is 5.32 Å². The minimum atomic E-state index is 0.706. The summed E-state index contributed by atoms with van der Waals surface area (Å²) in [5, 5.41) is 2.41. The number of aryl methyl sites for hydroxylation is 1. The van der Waals surface area contributed by atoms with Gasteiger partial charge in [0.25, 0.3) is 0 Å². The van der Waals surface area contributed by atoms with Crippen LogP contribution in [0.4, 0.5) is 5.69 Å². The molecule has 0 fully saturated rings. The van der Waals surface area contributed by atoms with Crippen molar-refractivity contribution in [2.45, 2.75) is 6.92 Å². The molecule has 0 aliphatic rings. The van der Waals surface area contributed by atoms with Crippen molar-refractivity contribution in [3.63, 3.8) is 0 Å². The van der Waals surface area contributed by atoms with Crippen molar-refractivity contribution in [3.8, 4) is 0 Å². The zero-order valence-electron chi connectivity index (χ0n) is 5.59. The predicted octanol–water partition coefficient (Wildman–Crippen LogP) is 0.869. The highest BCUT2D eigenvalue weighted by atomic mass is 16.1. The molecule has 0 saturated heterocycles. The van der Waals surface area contributed by atoms with E-state index in [0.717, 1.165) is 5.69 Å². The predicted molar refractivity (Wildman–Crippen MR) is 38.3 cm³/mol. The molecule has 1 N–H and O–H groups in total. The molecule has 0 saturated carbocycles. The van der Waals surface area contributed by atoms with E-state index in [4.69, 9.17) is 0 Å². The molecule has 1 rings (SSSR count). The SMILES string of the molecule is Cc1ncccc1N[C]=O. The van der Waals surface area contributed by atoms with Crippen molar-refractivity contribution in [1.29, 1.82) is 0 Å². The molecule has 0 aromatic carbocycles. The average Bonchev–Trinajstić information content (AvgIpc) is 1.94. The molecule has 0 aliphatic heterocycles. The normalized spacial score (nSPS) is 8.90. The zero-order valence-corrected chi connectivity index (χ0v) is 5.59. The maximum absolute atomic E-state index is 9.86. The molecule has 51 valence electrons. The number of aromatic nitrogens is 1. The van der Waals surface area contributed by atoms with Gasteiger partial charge >= 0.3 is 6.41 Å². The third kappa shape index (κ3) is 1.31. The number of carbonyl (C=O) groups excluding carboxylic acids is 1. The van der Waals surface area contributed by atoms with E-state index in [1.165, 1.54) is 0 Å². The molecule has 1 aromatic heterocycles. The van der Waals surface area contributed by atoms with Crippen LogP contribution in [0.3, 0.4) is 0 Å². The lowest BCUT2D eigenvalue weighted by molar-refractivity contribution is 0.561. The van der Waals surface area contributed by atoms with Crippen LogP contribution in [0.2, 0.25) is 0 Å². The fourth-order valence-electron chi connectivity index (χ4n) is 0.671. The van der Waals surface area contributed by atoms with E-state index >= 15 is 0 Å². The quantitative estimate of drug-likeness (QED) is 0.611. The Labute approximate surface area is 59.1 Å². The minimum absolute atomic E-state index is 0.706. The number of amides is 1. The number of anilines is 1. The van der Waals surface area contributed by atoms with Gasteiger partial charge in [-0.15, -0.1) is 0 Å². The molecule has 1 heterocycles. The summed E-state index contributed by atoms with van der Waals surface area (Å²) in [5.41, 5.74) is 1.50. The van der Waals surface area contributed by atoms with E-state index in [0.29, 0.717) is 5.69 Å². The molecule has 1 amide bonds. The number of hydrogen-bond donors (Lipinski definition) is 1. The summed E-state index contributed by atoms with van der Waals surface area (Å²) in [6.45, 7) is 1.82. The van der Waals surface area contributed by atoms with E-state index in [9.17, 15) is 4.79 Å².